The number of amides is 3. The summed E-state index contributed by atoms with van der Waals surface area (Å²) in [6, 6.07) is 2.86. The van der Waals surface area contributed by atoms with Crippen LogP contribution in [0.3, 0.4) is 0 Å². The number of nitrogens with one attached hydrogen (secondary N) is 1. The number of urea groups is 1. The van der Waals surface area contributed by atoms with E-state index in [2.05, 4.69) is 32.6 Å². The Balaban J connectivity index is 2.31. The van der Waals surface area contributed by atoms with Crippen molar-refractivity contribution < 1.29 is 28.6 Å². The predicted molar refractivity (Wildman–Crippen MR) is 106 cm³/mol. The molecule has 1 aromatic rings. The quantitative estimate of drug-likeness (QED) is 0.275. The van der Waals surface area contributed by atoms with Gasteiger partial charge in [-0.25, -0.2) is 9.69 Å². The highest BCUT2D eigenvalue weighted by atomic mass is 127. The van der Waals surface area contributed by atoms with Crippen LogP contribution in [0.25, 0.3) is 6.08 Å². The number of esters is 1. The fraction of sp³-hybridized carbons (Fsp3) is 0.389. The number of nitrogens with zero attached hydrogens (tertiary/aromatic N) is 1. The summed E-state index contributed by atoms with van der Waals surface area (Å²) in [5.74, 6) is -0.122. The second-order valence-corrected chi connectivity index (χ2v) is 6.99. The van der Waals surface area contributed by atoms with Gasteiger partial charge in [-0.1, -0.05) is 6.92 Å². The average Bonchev–Trinajstić information content (AvgIpc) is 2.90. The molecule has 1 aliphatic heterocycles. The van der Waals surface area contributed by atoms with E-state index in [1.807, 2.05) is 19.9 Å². The number of rotatable bonds is 7. The standard InChI is InChI=1S/C18H21IN2O6/c1-5-10(2)27-16-12(19)6-11(8-14(16)25-3)7-13-17(23)21(18(24)20-13)9-15(22)26-4/h6-8,10H,5,9H2,1-4H3,(H,20,24)/b13-7+/t10-/m1/s1. The van der Waals surface area contributed by atoms with Crippen molar-refractivity contribution in [2.45, 2.75) is 26.4 Å². The number of benzene rings is 1. The van der Waals surface area contributed by atoms with Crippen LogP contribution in [0.2, 0.25) is 0 Å². The number of imide groups is 1. The molecule has 9 heteroatoms. The van der Waals surface area contributed by atoms with E-state index in [0.29, 0.717) is 17.1 Å². The van der Waals surface area contributed by atoms with Crippen molar-refractivity contribution in [2.24, 2.45) is 0 Å². The Hall–Kier alpha value is -2.30. The molecule has 1 N–H and O–H groups in total. The summed E-state index contributed by atoms with van der Waals surface area (Å²) in [4.78, 5) is 36.5. The van der Waals surface area contributed by atoms with Crippen LogP contribution in [0.5, 0.6) is 11.5 Å². The van der Waals surface area contributed by atoms with E-state index >= 15 is 0 Å². The van der Waals surface area contributed by atoms with Crippen molar-refractivity contribution >= 4 is 46.6 Å². The highest BCUT2D eigenvalue weighted by molar-refractivity contribution is 14.1. The Bertz CT molecular complexity index is 792. The van der Waals surface area contributed by atoms with Crippen molar-refractivity contribution in [2.75, 3.05) is 20.8 Å². The van der Waals surface area contributed by atoms with Crippen molar-refractivity contribution in [3.63, 3.8) is 0 Å². The fourth-order valence-electron chi connectivity index (χ4n) is 2.30. The van der Waals surface area contributed by atoms with E-state index in [1.165, 1.54) is 20.3 Å². The normalized spacial score (nSPS) is 16.3. The number of carbonyl (C=O) groups excluding carboxylic acids is 3. The Morgan fingerprint density at radius 2 is 2.04 bits per heavy atom. The lowest BCUT2D eigenvalue weighted by Crippen LogP contribution is -2.36. The van der Waals surface area contributed by atoms with Gasteiger partial charge in [0, 0.05) is 0 Å². The van der Waals surface area contributed by atoms with Gasteiger partial charge in [-0.15, -0.1) is 0 Å². The van der Waals surface area contributed by atoms with E-state index < -0.39 is 24.5 Å². The zero-order valence-electron chi connectivity index (χ0n) is 15.5. The third-order valence-corrected chi connectivity index (χ3v) is 4.74. The lowest BCUT2D eigenvalue weighted by Gasteiger charge is -2.17. The Morgan fingerprint density at radius 3 is 2.63 bits per heavy atom. The minimum atomic E-state index is -0.678. The largest absolute Gasteiger partial charge is 0.493 e. The molecule has 8 nitrogen and oxygen atoms in total. The first-order valence-corrected chi connectivity index (χ1v) is 9.34. The maximum absolute atomic E-state index is 12.4. The molecule has 1 aliphatic rings. The van der Waals surface area contributed by atoms with Gasteiger partial charge in [0.2, 0.25) is 0 Å². The number of halogens is 1. The van der Waals surface area contributed by atoms with Gasteiger partial charge in [-0.2, -0.15) is 0 Å². The van der Waals surface area contributed by atoms with Gasteiger partial charge < -0.3 is 19.5 Å². The minimum absolute atomic E-state index is 0.0270. The lowest BCUT2D eigenvalue weighted by molar-refractivity contribution is -0.143. The maximum atomic E-state index is 12.4. The number of ether oxygens (including phenoxy) is 3. The zero-order valence-corrected chi connectivity index (χ0v) is 17.7. The molecular weight excluding hydrogens is 467 g/mol. The third kappa shape index (κ3) is 4.90. The van der Waals surface area contributed by atoms with Crippen LogP contribution in [0.1, 0.15) is 25.8 Å². The zero-order chi connectivity index (χ0) is 20.1. The third-order valence-electron chi connectivity index (χ3n) is 3.93. The van der Waals surface area contributed by atoms with Crippen LogP contribution in [-0.2, 0) is 14.3 Å². The molecule has 0 aromatic heterocycles. The number of methoxy groups -OCH3 is 2. The molecule has 0 radical (unpaired) electrons. The maximum Gasteiger partial charge on any atom is 0.329 e. The molecule has 0 aliphatic carbocycles. The van der Waals surface area contributed by atoms with Crippen molar-refractivity contribution in [3.05, 3.63) is 27.0 Å². The van der Waals surface area contributed by atoms with Crippen LogP contribution in [-0.4, -0.2) is 49.7 Å². The highest BCUT2D eigenvalue weighted by Crippen LogP contribution is 2.35. The molecule has 2 rings (SSSR count). The van der Waals surface area contributed by atoms with Crippen molar-refractivity contribution in [3.8, 4) is 11.5 Å². The van der Waals surface area contributed by atoms with Gasteiger partial charge in [0.05, 0.1) is 23.9 Å². The molecule has 27 heavy (non-hydrogen) atoms. The highest BCUT2D eigenvalue weighted by Gasteiger charge is 2.35. The molecule has 1 heterocycles. The summed E-state index contributed by atoms with van der Waals surface area (Å²) in [5, 5.41) is 2.46. The monoisotopic (exact) mass is 488 g/mol. The van der Waals surface area contributed by atoms with Crippen molar-refractivity contribution in [1.82, 2.24) is 10.2 Å². The molecule has 1 saturated heterocycles. The molecule has 3 amide bonds. The van der Waals surface area contributed by atoms with Crippen LogP contribution in [0.15, 0.2) is 17.8 Å². The van der Waals surface area contributed by atoms with E-state index in [4.69, 9.17) is 9.47 Å². The van der Waals surface area contributed by atoms with Gasteiger partial charge >= 0.3 is 12.0 Å². The summed E-state index contributed by atoms with van der Waals surface area (Å²) in [6.45, 7) is 3.55. The van der Waals surface area contributed by atoms with E-state index in [-0.39, 0.29) is 11.8 Å². The topological polar surface area (TPSA) is 94.2 Å². The Labute approximate surface area is 171 Å². The fourth-order valence-corrected chi connectivity index (χ4v) is 3.05. The SMILES string of the molecule is CC[C@@H](C)Oc1c(I)cc(/C=C2/NC(=O)N(CC(=O)OC)C2=O)cc1OC. The number of carbonyl (C=O) groups is 3. The van der Waals surface area contributed by atoms with Crippen LogP contribution in [0.4, 0.5) is 4.79 Å². The Morgan fingerprint density at radius 1 is 1.33 bits per heavy atom. The first-order chi connectivity index (χ1) is 12.8. The summed E-state index contributed by atoms with van der Waals surface area (Å²) >= 11 is 2.13. The lowest BCUT2D eigenvalue weighted by atomic mass is 10.1. The second-order valence-electron chi connectivity index (χ2n) is 5.83. The van der Waals surface area contributed by atoms with Crippen LogP contribution < -0.4 is 14.8 Å². The molecular formula is C18H21IN2O6. The van der Waals surface area contributed by atoms with Crippen molar-refractivity contribution in [1.29, 1.82) is 0 Å². The molecule has 146 valence electrons. The minimum Gasteiger partial charge on any atom is -0.493 e. The number of hydrogen-bond donors (Lipinski definition) is 1. The molecule has 0 bridgehead atoms. The van der Waals surface area contributed by atoms with Gasteiger partial charge in [-0.3, -0.25) is 9.59 Å². The van der Waals surface area contributed by atoms with Crippen LogP contribution in [0, 0.1) is 3.57 Å². The molecule has 0 saturated carbocycles. The first-order valence-electron chi connectivity index (χ1n) is 8.26. The molecule has 1 atom stereocenters. The summed E-state index contributed by atoms with van der Waals surface area (Å²) in [5.41, 5.74) is 0.716. The van der Waals surface area contributed by atoms with Gasteiger partial charge in [-0.05, 0) is 59.7 Å². The first kappa shape index (κ1) is 21.0. The smallest absolute Gasteiger partial charge is 0.329 e. The molecule has 1 aromatic carbocycles. The summed E-state index contributed by atoms with van der Waals surface area (Å²) in [7, 11) is 2.72. The van der Waals surface area contributed by atoms with Gasteiger partial charge in [0.15, 0.2) is 11.5 Å². The predicted octanol–water partition coefficient (Wildman–Crippen LogP) is 2.54. The van der Waals surface area contributed by atoms with Gasteiger partial charge in [0.1, 0.15) is 12.2 Å². The van der Waals surface area contributed by atoms with Gasteiger partial charge in [0.25, 0.3) is 5.91 Å². The molecule has 0 unspecified atom stereocenters. The summed E-state index contributed by atoms with van der Waals surface area (Å²) in [6.07, 6.45) is 2.40. The Kier molecular flexibility index (Phi) is 7.05. The van der Waals surface area contributed by atoms with E-state index in [1.54, 1.807) is 6.07 Å². The van der Waals surface area contributed by atoms with E-state index in [9.17, 15) is 14.4 Å². The molecule has 0 spiro atoms. The summed E-state index contributed by atoms with van der Waals surface area (Å²) < 4.78 is 16.6. The second kappa shape index (κ2) is 9.07. The molecule has 1 fully saturated rings. The van der Waals surface area contributed by atoms with E-state index in [0.717, 1.165) is 14.9 Å². The average molecular weight is 488 g/mol. The van der Waals surface area contributed by atoms with Crippen LogP contribution >= 0.6 is 22.6 Å². The number of hydrogen-bond acceptors (Lipinski definition) is 6.